The lowest BCUT2D eigenvalue weighted by Crippen LogP contribution is -2.47. The third-order valence-corrected chi connectivity index (χ3v) is 7.05. The molecular formula is C28H33F2N9. The summed E-state index contributed by atoms with van der Waals surface area (Å²) < 4.78 is 28.6. The topological polar surface area (TPSA) is 84.6 Å². The van der Waals surface area contributed by atoms with E-state index in [-0.39, 0.29) is 6.04 Å². The largest absolute Gasteiger partial charge is 0.349 e. The fraction of sp³-hybridized carbons (Fsp3) is 0.393. The SMILES string of the molecule is C=C1N=C(N2CCC[C@@H]2c2cc(F)ccc2F)/C=C\CN=CNC1=NCCN1CCN(c2ncccn2)CC1. The summed E-state index contributed by atoms with van der Waals surface area (Å²) in [6.45, 7) is 10.2. The van der Waals surface area contributed by atoms with E-state index in [1.54, 1.807) is 18.7 Å². The number of rotatable bonds is 5. The summed E-state index contributed by atoms with van der Waals surface area (Å²) in [6, 6.07) is 5.12. The van der Waals surface area contributed by atoms with E-state index in [2.05, 4.69) is 36.7 Å². The predicted molar refractivity (Wildman–Crippen MR) is 150 cm³/mol. The number of nitrogens with zero attached hydrogens (tertiary/aromatic N) is 8. The number of nitrogens with one attached hydrogen (secondary N) is 1. The number of hydrogen-bond acceptors (Lipinski definition) is 8. The highest BCUT2D eigenvalue weighted by molar-refractivity contribution is 6.06. The molecule has 0 bridgehead atoms. The van der Waals surface area contributed by atoms with Gasteiger partial charge in [0.25, 0.3) is 0 Å². The van der Waals surface area contributed by atoms with E-state index in [4.69, 9.17) is 9.98 Å². The van der Waals surface area contributed by atoms with Gasteiger partial charge >= 0.3 is 0 Å². The number of anilines is 1. The summed E-state index contributed by atoms with van der Waals surface area (Å²) in [7, 11) is 0. The highest BCUT2D eigenvalue weighted by atomic mass is 19.1. The summed E-state index contributed by atoms with van der Waals surface area (Å²) in [4.78, 5) is 29.2. The van der Waals surface area contributed by atoms with Crippen LogP contribution in [0.2, 0.25) is 0 Å². The molecule has 11 heteroatoms. The number of amidine groups is 2. The molecule has 3 aliphatic rings. The molecule has 1 N–H and O–H groups in total. The normalized spacial score (nSPS) is 22.6. The Kier molecular flexibility index (Phi) is 8.67. The number of halogens is 2. The van der Waals surface area contributed by atoms with E-state index in [9.17, 15) is 8.78 Å². The van der Waals surface area contributed by atoms with Gasteiger partial charge in [0.05, 0.1) is 25.5 Å². The molecule has 2 aromatic rings. The average molecular weight is 534 g/mol. The standard InChI is InChI=1S/C28H33F2N9/c1-21-27(32-12-14-37-15-17-38(18-16-37)28-33-10-4-11-34-28)35-20-31-9-2-6-26(36-21)39-13-3-5-25(39)23-19-22(29)7-8-24(23)30/h2,4,6-8,10-11,19-20,25H,1,3,5,9,12-18H2,(H,31,32,35)/b6-2-,36-26?/t25-/m1/s1. The van der Waals surface area contributed by atoms with Gasteiger partial charge in [-0.05, 0) is 43.2 Å². The van der Waals surface area contributed by atoms with Crippen molar-refractivity contribution >= 4 is 24.0 Å². The summed E-state index contributed by atoms with van der Waals surface area (Å²) in [5, 5.41) is 3.12. The number of hydrogen-bond donors (Lipinski definition) is 1. The first-order valence-corrected chi connectivity index (χ1v) is 13.3. The van der Waals surface area contributed by atoms with Crippen LogP contribution >= 0.6 is 0 Å². The van der Waals surface area contributed by atoms with Crippen molar-refractivity contribution in [2.45, 2.75) is 18.9 Å². The Hall–Kier alpha value is -3.99. The molecule has 1 aromatic heterocycles. The van der Waals surface area contributed by atoms with E-state index in [0.717, 1.165) is 51.2 Å². The molecule has 204 valence electrons. The molecule has 2 fully saturated rings. The number of likely N-dealkylation sites (tertiary alicyclic amines) is 1. The molecule has 0 radical (unpaired) electrons. The second-order valence-corrected chi connectivity index (χ2v) is 9.58. The van der Waals surface area contributed by atoms with Crippen LogP contribution in [0.5, 0.6) is 0 Å². The molecule has 1 atom stereocenters. The molecule has 0 spiro atoms. The zero-order valence-electron chi connectivity index (χ0n) is 21.9. The van der Waals surface area contributed by atoms with Crippen molar-refractivity contribution < 1.29 is 8.78 Å². The smallest absolute Gasteiger partial charge is 0.225 e. The lowest BCUT2D eigenvalue weighted by molar-refractivity contribution is 0.264. The van der Waals surface area contributed by atoms with Crippen LogP contribution in [-0.4, -0.2) is 90.1 Å². The maximum absolute atomic E-state index is 14.6. The quantitative estimate of drug-likeness (QED) is 0.636. The van der Waals surface area contributed by atoms with E-state index in [1.165, 1.54) is 12.1 Å². The van der Waals surface area contributed by atoms with E-state index >= 15 is 0 Å². The van der Waals surface area contributed by atoms with Gasteiger partial charge in [0.15, 0.2) is 5.84 Å². The predicted octanol–water partition coefficient (Wildman–Crippen LogP) is 3.21. The van der Waals surface area contributed by atoms with Crippen LogP contribution in [-0.2, 0) is 0 Å². The summed E-state index contributed by atoms with van der Waals surface area (Å²) in [6.07, 6.45) is 10.5. The minimum absolute atomic E-state index is 0.309. The van der Waals surface area contributed by atoms with Gasteiger partial charge in [0.1, 0.15) is 23.2 Å². The Morgan fingerprint density at radius 2 is 1.90 bits per heavy atom. The lowest BCUT2D eigenvalue weighted by Gasteiger charge is -2.34. The van der Waals surface area contributed by atoms with Crippen molar-refractivity contribution in [1.29, 1.82) is 0 Å². The highest BCUT2D eigenvalue weighted by Gasteiger charge is 2.30. The van der Waals surface area contributed by atoms with Crippen molar-refractivity contribution in [3.63, 3.8) is 0 Å². The van der Waals surface area contributed by atoms with Gasteiger partial charge in [-0.25, -0.2) is 23.7 Å². The van der Waals surface area contributed by atoms with Gasteiger partial charge < -0.3 is 15.1 Å². The van der Waals surface area contributed by atoms with Gasteiger partial charge in [-0.15, -0.1) is 0 Å². The summed E-state index contributed by atoms with van der Waals surface area (Å²) in [5.74, 6) is 1.07. The molecule has 2 saturated heterocycles. The van der Waals surface area contributed by atoms with Crippen molar-refractivity contribution in [2.75, 3.05) is 57.3 Å². The highest BCUT2D eigenvalue weighted by Crippen LogP contribution is 2.34. The monoisotopic (exact) mass is 533 g/mol. The number of aromatic nitrogens is 2. The van der Waals surface area contributed by atoms with Gasteiger partial charge in [-0.1, -0.05) is 12.7 Å². The Morgan fingerprint density at radius 3 is 2.72 bits per heavy atom. The Labute approximate surface area is 227 Å². The number of aliphatic imine (C=N–C) groups is 3. The summed E-state index contributed by atoms with van der Waals surface area (Å²) >= 11 is 0. The van der Waals surface area contributed by atoms with Gasteiger partial charge in [0.2, 0.25) is 5.95 Å². The molecule has 0 unspecified atom stereocenters. The van der Waals surface area contributed by atoms with Crippen LogP contribution in [0.25, 0.3) is 0 Å². The Balaban J connectivity index is 1.25. The van der Waals surface area contributed by atoms with Crippen molar-refractivity contribution in [3.05, 3.63) is 78.3 Å². The van der Waals surface area contributed by atoms with Crippen molar-refractivity contribution in [1.82, 2.24) is 25.1 Å². The fourth-order valence-electron chi connectivity index (χ4n) is 5.05. The van der Waals surface area contributed by atoms with Crippen LogP contribution in [0.4, 0.5) is 14.7 Å². The molecular weight excluding hydrogens is 500 g/mol. The second kappa shape index (κ2) is 12.7. The third-order valence-electron chi connectivity index (χ3n) is 7.05. The average Bonchev–Trinajstić information content (AvgIpc) is 3.45. The maximum Gasteiger partial charge on any atom is 0.225 e. The minimum Gasteiger partial charge on any atom is -0.349 e. The molecule has 3 aliphatic heterocycles. The first-order valence-electron chi connectivity index (χ1n) is 13.3. The molecule has 0 aliphatic carbocycles. The summed E-state index contributed by atoms with van der Waals surface area (Å²) in [5.41, 5.74) is 0.801. The molecule has 4 heterocycles. The zero-order valence-corrected chi connectivity index (χ0v) is 21.9. The Morgan fingerprint density at radius 1 is 1.08 bits per heavy atom. The van der Waals surface area contributed by atoms with Crippen molar-refractivity contribution in [2.24, 2.45) is 15.0 Å². The third kappa shape index (κ3) is 6.72. The van der Waals surface area contributed by atoms with E-state index in [0.29, 0.717) is 49.0 Å². The molecule has 9 nitrogen and oxygen atoms in total. The first kappa shape index (κ1) is 26.6. The van der Waals surface area contributed by atoms with Gasteiger partial charge in [-0.2, -0.15) is 0 Å². The van der Waals surface area contributed by atoms with Gasteiger partial charge in [0, 0.05) is 57.2 Å². The lowest BCUT2D eigenvalue weighted by atomic mass is 10.0. The number of piperazine rings is 1. The molecule has 39 heavy (non-hydrogen) atoms. The zero-order chi connectivity index (χ0) is 27.0. The maximum atomic E-state index is 14.6. The van der Waals surface area contributed by atoms with Crippen LogP contribution in [0.15, 0.2) is 76.1 Å². The second-order valence-electron chi connectivity index (χ2n) is 9.58. The first-order chi connectivity index (χ1) is 19.1. The van der Waals surface area contributed by atoms with Gasteiger partial charge in [-0.3, -0.25) is 14.9 Å². The van der Waals surface area contributed by atoms with E-state index < -0.39 is 11.6 Å². The van der Waals surface area contributed by atoms with Crippen LogP contribution in [0.1, 0.15) is 24.4 Å². The Bertz CT molecular complexity index is 1270. The van der Waals surface area contributed by atoms with Crippen LogP contribution in [0.3, 0.4) is 0 Å². The van der Waals surface area contributed by atoms with E-state index in [1.807, 2.05) is 23.1 Å². The van der Waals surface area contributed by atoms with Crippen molar-refractivity contribution in [3.8, 4) is 0 Å². The fourth-order valence-corrected chi connectivity index (χ4v) is 5.05. The number of benzene rings is 1. The van der Waals surface area contributed by atoms with Crippen LogP contribution in [0, 0.1) is 11.6 Å². The molecule has 0 saturated carbocycles. The molecule has 5 rings (SSSR count). The minimum atomic E-state index is -0.450. The van der Waals surface area contributed by atoms with Crippen LogP contribution < -0.4 is 10.2 Å². The molecule has 0 amide bonds. The molecule has 1 aromatic carbocycles.